The topological polar surface area (TPSA) is 87.5 Å². The summed E-state index contributed by atoms with van der Waals surface area (Å²) in [4.78, 5) is 14.7. The number of nitriles is 1. The summed E-state index contributed by atoms with van der Waals surface area (Å²) in [5.74, 6) is 0.0572. The first-order valence-corrected chi connectivity index (χ1v) is 10.3. The average molecular weight is 386 g/mol. The molecular formula is C20H22N2O4S. The van der Waals surface area contributed by atoms with Crippen LogP contribution in [0.15, 0.2) is 53.4 Å². The molecule has 0 saturated carbocycles. The highest BCUT2D eigenvalue weighted by molar-refractivity contribution is 7.90. The standard InChI is InChI=1S/C20H22N2O4S/c1-14(2)22(17-9-11-18(12-10-17)27(4,24)25)20(23)15(3)26-19-8-6-5-7-16(19)13-21/h5-12,14-15H,1-4H3. The lowest BCUT2D eigenvalue weighted by molar-refractivity contribution is -0.125. The van der Waals surface area contributed by atoms with Crippen LogP contribution in [0, 0.1) is 11.3 Å². The SMILES string of the molecule is CC(Oc1ccccc1C#N)C(=O)N(c1ccc(S(C)(=O)=O)cc1)C(C)C. The lowest BCUT2D eigenvalue weighted by atomic mass is 10.2. The number of carbonyl (C=O) groups is 1. The van der Waals surface area contributed by atoms with Gasteiger partial charge in [-0.1, -0.05) is 12.1 Å². The van der Waals surface area contributed by atoms with Crippen LogP contribution in [-0.2, 0) is 14.6 Å². The summed E-state index contributed by atoms with van der Waals surface area (Å²) >= 11 is 0. The second kappa shape index (κ2) is 8.23. The molecule has 27 heavy (non-hydrogen) atoms. The van der Waals surface area contributed by atoms with Gasteiger partial charge in [-0.2, -0.15) is 5.26 Å². The molecule has 0 fully saturated rings. The minimum Gasteiger partial charge on any atom is -0.479 e. The number of sulfone groups is 1. The highest BCUT2D eigenvalue weighted by Gasteiger charge is 2.26. The van der Waals surface area contributed by atoms with Gasteiger partial charge in [0.05, 0.1) is 10.5 Å². The van der Waals surface area contributed by atoms with Crippen molar-refractivity contribution in [3.63, 3.8) is 0 Å². The number of para-hydroxylation sites is 1. The van der Waals surface area contributed by atoms with Crippen LogP contribution < -0.4 is 9.64 Å². The van der Waals surface area contributed by atoms with E-state index >= 15 is 0 Å². The number of anilines is 1. The van der Waals surface area contributed by atoms with E-state index in [4.69, 9.17) is 10.00 Å². The molecule has 7 heteroatoms. The van der Waals surface area contributed by atoms with Crippen molar-refractivity contribution in [2.45, 2.75) is 37.8 Å². The fourth-order valence-electron chi connectivity index (χ4n) is 2.63. The zero-order chi connectivity index (χ0) is 20.2. The Hall–Kier alpha value is -2.85. The van der Waals surface area contributed by atoms with Gasteiger partial charge in [0.15, 0.2) is 15.9 Å². The van der Waals surface area contributed by atoms with E-state index in [1.165, 1.54) is 12.1 Å². The normalized spacial score (nSPS) is 12.3. The van der Waals surface area contributed by atoms with Gasteiger partial charge in [-0.15, -0.1) is 0 Å². The predicted octanol–water partition coefficient (Wildman–Crippen LogP) is 3.17. The Labute approximate surface area is 159 Å². The van der Waals surface area contributed by atoms with E-state index < -0.39 is 15.9 Å². The van der Waals surface area contributed by atoms with Crippen LogP contribution in [0.3, 0.4) is 0 Å². The molecule has 0 N–H and O–H groups in total. The van der Waals surface area contributed by atoms with Crippen molar-refractivity contribution >= 4 is 21.4 Å². The molecule has 0 saturated heterocycles. The number of amides is 1. The Kier molecular flexibility index (Phi) is 6.24. The highest BCUT2D eigenvalue weighted by atomic mass is 32.2. The molecule has 0 spiro atoms. The maximum atomic E-state index is 13.0. The fraction of sp³-hybridized carbons (Fsp3) is 0.300. The zero-order valence-corrected chi connectivity index (χ0v) is 16.5. The van der Waals surface area contributed by atoms with Gasteiger partial charge in [0, 0.05) is 18.0 Å². The summed E-state index contributed by atoms with van der Waals surface area (Å²) in [7, 11) is -3.31. The molecule has 2 rings (SSSR count). The van der Waals surface area contributed by atoms with Crippen molar-refractivity contribution in [1.29, 1.82) is 5.26 Å². The second-order valence-electron chi connectivity index (χ2n) is 6.44. The second-order valence-corrected chi connectivity index (χ2v) is 8.45. The Morgan fingerprint density at radius 2 is 1.67 bits per heavy atom. The smallest absolute Gasteiger partial charge is 0.267 e. The number of benzene rings is 2. The zero-order valence-electron chi connectivity index (χ0n) is 15.7. The fourth-order valence-corrected chi connectivity index (χ4v) is 3.26. The molecule has 0 aliphatic carbocycles. The highest BCUT2D eigenvalue weighted by Crippen LogP contribution is 2.23. The van der Waals surface area contributed by atoms with Crippen LogP contribution in [0.5, 0.6) is 5.75 Å². The van der Waals surface area contributed by atoms with Crippen molar-refractivity contribution in [3.05, 3.63) is 54.1 Å². The maximum absolute atomic E-state index is 13.0. The number of ether oxygens (including phenoxy) is 1. The minimum absolute atomic E-state index is 0.168. The van der Waals surface area contributed by atoms with Crippen molar-refractivity contribution < 1.29 is 17.9 Å². The summed E-state index contributed by atoms with van der Waals surface area (Å²) < 4.78 is 29.0. The Morgan fingerprint density at radius 1 is 1.07 bits per heavy atom. The molecule has 0 aliphatic rings. The lowest BCUT2D eigenvalue weighted by Crippen LogP contribution is -2.44. The monoisotopic (exact) mass is 386 g/mol. The molecule has 0 heterocycles. The third kappa shape index (κ3) is 4.86. The summed E-state index contributed by atoms with van der Waals surface area (Å²) in [5.41, 5.74) is 0.928. The first-order valence-electron chi connectivity index (χ1n) is 8.44. The van der Waals surface area contributed by atoms with Gasteiger partial charge in [-0.3, -0.25) is 4.79 Å². The molecule has 1 amide bonds. The van der Waals surface area contributed by atoms with E-state index in [0.717, 1.165) is 6.26 Å². The average Bonchev–Trinajstić information content (AvgIpc) is 2.61. The van der Waals surface area contributed by atoms with Gasteiger partial charge < -0.3 is 9.64 Å². The quantitative estimate of drug-likeness (QED) is 0.761. The van der Waals surface area contributed by atoms with Gasteiger partial charge in [0.1, 0.15) is 11.8 Å². The van der Waals surface area contributed by atoms with E-state index in [1.54, 1.807) is 48.2 Å². The van der Waals surface area contributed by atoms with Crippen molar-refractivity contribution in [2.24, 2.45) is 0 Å². The molecule has 2 aromatic carbocycles. The third-order valence-corrected chi connectivity index (χ3v) is 5.08. The van der Waals surface area contributed by atoms with Gasteiger partial charge in [0.25, 0.3) is 5.91 Å². The Morgan fingerprint density at radius 3 is 2.19 bits per heavy atom. The van der Waals surface area contributed by atoms with Crippen LogP contribution in [-0.4, -0.2) is 32.7 Å². The van der Waals surface area contributed by atoms with E-state index in [1.807, 2.05) is 19.9 Å². The Bertz CT molecular complexity index is 960. The number of hydrogen-bond acceptors (Lipinski definition) is 5. The number of hydrogen-bond donors (Lipinski definition) is 0. The van der Waals surface area contributed by atoms with Crippen molar-refractivity contribution in [1.82, 2.24) is 0 Å². The molecule has 0 radical (unpaired) electrons. The number of nitrogens with zero attached hydrogens (tertiary/aromatic N) is 2. The summed E-state index contributed by atoms with van der Waals surface area (Å²) in [5, 5.41) is 9.16. The molecular weight excluding hydrogens is 364 g/mol. The molecule has 1 atom stereocenters. The van der Waals surface area contributed by atoms with E-state index in [2.05, 4.69) is 0 Å². The first kappa shape index (κ1) is 20.5. The third-order valence-electron chi connectivity index (χ3n) is 3.96. The van der Waals surface area contributed by atoms with Gasteiger partial charge in [-0.25, -0.2) is 8.42 Å². The van der Waals surface area contributed by atoms with Crippen LogP contribution in [0.25, 0.3) is 0 Å². The summed E-state index contributed by atoms with van der Waals surface area (Å²) in [6.07, 6.45) is 0.312. The van der Waals surface area contributed by atoms with Crippen LogP contribution >= 0.6 is 0 Å². The first-order chi connectivity index (χ1) is 12.6. The van der Waals surface area contributed by atoms with E-state index in [-0.39, 0.29) is 16.8 Å². The number of rotatable bonds is 6. The van der Waals surface area contributed by atoms with Crippen LogP contribution in [0.2, 0.25) is 0 Å². The maximum Gasteiger partial charge on any atom is 0.267 e. The summed E-state index contributed by atoms with van der Waals surface area (Å²) in [6.45, 7) is 5.34. The van der Waals surface area contributed by atoms with Gasteiger partial charge in [0.2, 0.25) is 0 Å². The minimum atomic E-state index is -3.31. The predicted molar refractivity (Wildman–Crippen MR) is 103 cm³/mol. The molecule has 0 aromatic heterocycles. The Balaban J connectivity index is 2.28. The van der Waals surface area contributed by atoms with Gasteiger partial charge >= 0.3 is 0 Å². The molecule has 0 aliphatic heterocycles. The molecule has 6 nitrogen and oxygen atoms in total. The summed E-state index contributed by atoms with van der Waals surface area (Å²) in [6, 6.07) is 14.7. The number of carbonyl (C=O) groups excluding carboxylic acids is 1. The van der Waals surface area contributed by atoms with Crippen molar-refractivity contribution in [3.8, 4) is 11.8 Å². The van der Waals surface area contributed by atoms with Crippen LogP contribution in [0.1, 0.15) is 26.3 Å². The van der Waals surface area contributed by atoms with Crippen LogP contribution in [0.4, 0.5) is 5.69 Å². The van der Waals surface area contributed by atoms with Gasteiger partial charge in [-0.05, 0) is 57.2 Å². The molecule has 0 bridgehead atoms. The molecule has 142 valence electrons. The lowest BCUT2D eigenvalue weighted by Gasteiger charge is -2.30. The largest absolute Gasteiger partial charge is 0.479 e. The van der Waals surface area contributed by atoms with Crippen molar-refractivity contribution in [2.75, 3.05) is 11.2 Å². The molecule has 1 unspecified atom stereocenters. The van der Waals surface area contributed by atoms with E-state index in [0.29, 0.717) is 17.0 Å². The molecule has 2 aromatic rings. The van der Waals surface area contributed by atoms with E-state index in [9.17, 15) is 13.2 Å².